The van der Waals surface area contributed by atoms with E-state index in [1.165, 1.54) is 36.4 Å². The highest BCUT2D eigenvalue weighted by molar-refractivity contribution is 7.98. The third-order valence-corrected chi connectivity index (χ3v) is 4.05. The molecule has 0 saturated heterocycles. The van der Waals surface area contributed by atoms with E-state index in [4.69, 9.17) is 0 Å². The molecule has 3 rings (SSSR count). The Morgan fingerprint density at radius 2 is 2.29 bits per heavy atom. The van der Waals surface area contributed by atoms with Gasteiger partial charge in [-0.25, -0.2) is 4.79 Å². The Hall–Kier alpha value is -0.640. The van der Waals surface area contributed by atoms with Gasteiger partial charge >= 0.3 is 5.69 Å². The minimum absolute atomic E-state index is 0.125. The lowest BCUT2D eigenvalue weighted by Crippen LogP contribution is -2.17. The molecule has 76 valence electrons. The molecule has 3 nitrogen and oxygen atoms in total. The fraction of sp³-hybridized carbons (Fsp3) is 0.700. The zero-order chi connectivity index (χ0) is 9.54. The Balaban J connectivity index is 2.09. The first-order chi connectivity index (χ1) is 6.86. The minimum atomic E-state index is 0.125. The van der Waals surface area contributed by atoms with Crippen LogP contribution in [0, 0.1) is 0 Å². The molecule has 1 aromatic rings. The summed E-state index contributed by atoms with van der Waals surface area (Å²) in [6, 6.07) is 0.519. The Kier molecular flexibility index (Phi) is 1.97. The van der Waals surface area contributed by atoms with Crippen molar-refractivity contribution in [3.63, 3.8) is 0 Å². The third kappa shape index (κ3) is 1.32. The van der Waals surface area contributed by atoms with E-state index in [1.54, 1.807) is 0 Å². The molecular formula is C10H14N2OS. The highest BCUT2D eigenvalue weighted by Crippen LogP contribution is 2.36. The van der Waals surface area contributed by atoms with Crippen LogP contribution in [0.2, 0.25) is 0 Å². The van der Waals surface area contributed by atoms with Crippen LogP contribution in [0.1, 0.15) is 36.7 Å². The van der Waals surface area contributed by atoms with Crippen molar-refractivity contribution in [3.8, 4) is 0 Å². The largest absolute Gasteiger partial charge is 0.326 e. The number of hydrogen-bond donors (Lipinski definition) is 1. The lowest BCUT2D eigenvalue weighted by molar-refractivity contribution is 0.660. The van der Waals surface area contributed by atoms with E-state index in [1.807, 2.05) is 16.3 Å². The van der Waals surface area contributed by atoms with E-state index in [0.717, 1.165) is 12.2 Å². The van der Waals surface area contributed by atoms with E-state index < -0.39 is 0 Å². The molecule has 2 heterocycles. The summed E-state index contributed by atoms with van der Waals surface area (Å²) in [4.78, 5) is 14.7. The molecule has 1 saturated carbocycles. The van der Waals surface area contributed by atoms with Gasteiger partial charge < -0.3 is 4.98 Å². The quantitative estimate of drug-likeness (QED) is 0.766. The van der Waals surface area contributed by atoms with Crippen LogP contribution in [0.5, 0.6) is 0 Å². The Labute approximate surface area is 86.9 Å². The molecule has 1 aliphatic carbocycles. The fourth-order valence-corrected chi connectivity index (χ4v) is 3.09. The molecule has 1 aliphatic heterocycles. The molecule has 4 heteroatoms. The SMILES string of the molecule is O=c1[nH]c2c(n1C1CC1)CCCSC2. The van der Waals surface area contributed by atoms with Gasteiger partial charge in [0.25, 0.3) is 0 Å². The van der Waals surface area contributed by atoms with Crippen LogP contribution in [-0.4, -0.2) is 15.3 Å². The molecule has 0 bridgehead atoms. The molecule has 1 fully saturated rings. The van der Waals surface area contributed by atoms with Crippen molar-refractivity contribution in [2.45, 2.75) is 37.5 Å². The van der Waals surface area contributed by atoms with Crippen LogP contribution >= 0.6 is 11.8 Å². The molecule has 14 heavy (non-hydrogen) atoms. The topological polar surface area (TPSA) is 37.8 Å². The van der Waals surface area contributed by atoms with Crippen LogP contribution in [0.4, 0.5) is 0 Å². The van der Waals surface area contributed by atoms with E-state index in [9.17, 15) is 4.79 Å². The summed E-state index contributed by atoms with van der Waals surface area (Å²) >= 11 is 1.93. The molecule has 2 aliphatic rings. The maximum atomic E-state index is 11.7. The monoisotopic (exact) mass is 210 g/mol. The maximum Gasteiger partial charge on any atom is 0.326 e. The number of aromatic amines is 1. The van der Waals surface area contributed by atoms with Crippen molar-refractivity contribution >= 4 is 11.8 Å². The molecule has 0 radical (unpaired) electrons. The molecule has 1 aromatic heterocycles. The second kappa shape index (κ2) is 3.19. The van der Waals surface area contributed by atoms with Crippen molar-refractivity contribution in [3.05, 3.63) is 21.9 Å². The summed E-state index contributed by atoms with van der Waals surface area (Å²) in [6.45, 7) is 0. The van der Waals surface area contributed by atoms with Gasteiger partial charge in [0.1, 0.15) is 0 Å². The summed E-state index contributed by atoms with van der Waals surface area (Å²) in [6.07, 6.45) is 4.67. The molecule has 0 aromatic carbocycles. The van der Waals surface area contributed by atoms with Crippen molar-refractivity contribution in [2.24, 2.45) is 0 Å². The van der Waals surface area contributed by atoms with E-state index in [-0.39, 0.29) is 5.69 Å². The van der Waals surface area contributed by atoms with E-state index >= 15 is 0 Å². The highest BCUT2D eigenvalue weighted by Gasteiger charge is 2.29. The average molecular weight is 210 g/mol. The van der Waals surface area contributed by atoms with Crippen molar-refractivity contribution in [2.75, 3.05) is 5.75 Å². The number of H-pyrrole nitrogens is 1. The number of aromatic nitrogens is 2. The predicted octanol–water partition coefficient (Wildman–Crippen LogP) is 1.69. The molecule has 0 unspecified atom stereocenters. The predicted molar refractivity (Wildman–Crippen MR) is 57.8 cm³/mol. The number of imidazole rings is 1. The number of fused-ring (bicyclic) bond motifs is 1. The zero-order valence-corrected chi connectivity index (χ0v) is 8.90. The van der Waals surface area contributed by atoms with Crippen LogP contribution in [0.3, 0.4) is 0 Å². The Morgan fingerprint density at radius 1 is 1.43 bits per heavy atom. The number of rotatable bonds is 1. The van der Waals surface area contributed by atoms with Gasteiger partial charge in [0.2, 0.25) is 0 Å². The summed E-state index contributed by atoms with van der Waals surface area (Å²) in [5, 5.41) is 0. The van der Waals surface area contributed by atoms with E-state index in [2.05, 4.69) is 4.98 Å². The summed E-state index contributed by atoms with van der Waals surface area (Å²) < 4.78 is 2.02. The number of thioether (sulfide) groups is 1. The lowest BCUT2D eigenvalue weighted by Gasteiger charge is -2.04. The van der Waals surface area contributed by atoms with Gasteiger partial charge in [-0.1, -0.05) is 0 Å². The van der Waals surface area contributed by atoms with Crippen LogP contribution in [0.25, 0.3) is 0 Å². The second-order valence-electron chi connectivity index (χ2n) is 4.11. The molecule has 0 atom stereocenters. The standard InChI is InChI=1S/C10H14N2OS/c13-10-11-8-6-14-5-1-2-9(8)12(10)7-3-4-7/h7H,1-6H2,(H,11,13). The second-order valence-corrected chi connectivity index (χ2v) is 5.22. The first-order valence-electron chi connectivity index (χ1n) is 5.26. The van der Waals surface area contributed by atoms with Crippen molar-refractivity contribution in [1.82, 2.24) is 9.55 Å². The normalized spacial score (nSPS) is 21.7. The van der Waals surface area contributed by atoms with Gasteiger partial charge in [-0.3, -0.25) is 4.57 Å². The Morgan fingerprint density at radius 3 is 3.07 bits per heavy atom. The summed E-state index contributed by atoms with van der Waals surface area (Å²) in [5.41, 5.74) is 2.60. The van der Waals surface area contributed by atoms with Gasteiger partial charge in [0, 0.05) is 23.2 Å². The molecule has 0 spiro atoms. The first-order valence-corrected chi connectivity index (χ1v) is 6.42. The summed E-state index contributed by atoms with van der Waals surface area (Å²) in [5.74, 6) is 2.21. The first kappa shape index (κ1) is 8.65. The molecule has 1 N–H and O–H groups in total. The zero-order valence-electron chi connectivity index (χ0n) is 8.08. The van der Waals surface area contributed by atoms with Crippen molar-refractivity contribution < 1.29 is 0 Å². The molecular weight excluding hydrogens is 196 g/mol. The lowest BCUT2D eigenvalue weighted by atomic mass is 10.2. The minimum Gasteiger partial charge on any atom is -0.309 e. The van der Waals surface area contributed by atoms with Crippen LogP contribution in [0.15, 0.2) is 4.79 Å². The third-order valence-electron chi connectivity index (χ3n) is 2.98. The van der Waals surface area contributed by atoms with Gasteiger partial charge in [0.05, 0.1) is 0 Å². The Bertz CT molecular complexity index is 403. The maximum absolute atomic E-state index is 11.7. The fourth-order valence-electron chi connectivity index (χ4n) is 2.16. The van der Waals surface area contributed by atoms with E-state index in [0.29, 0.717) is 6.04 Å². The van der Waals surface area contributed by atoms with Gasteiger partial charge in [-0.15, -0.1) is 0 Å². The van der Waals surface area contributed by atoms with Gasteiger partial charge in [-0.05, 0) is 31.4 Å². The van der Waals surface area contributed by atoms with Crippen LogP contribution in [-0.2, 0) is 12.2 Å². The van der Waals surface area contributed by atoms with Gasteiger partial charge in [0.15, 0.2) is 0 Å². The smallest absolute Gasteiger partial charge is 0.309 e. The summed E-state index contributed by atoms with van der Waals surface area (Å²) in [7, 11) is 0. The average Bonchev–Trinajstić information content (AvgIpc) is 2.95. The highest BCUT2D eigenvalue weighted by atomic mass is 32.2. The van der Waals surface area contributed by atoms with Crippen molar-refractivity contribution in [1.29, 1.82) is 0 Å². The molecule has 0 amide bonds. The van der Waals surface area contributed by atoms with Gasteiger partial charge in [-0.2, -0.15) is 11.8 Å². The number of nitrogens with zero attached hydrogens (tertiary/aromatic N) is 1. The van der Waals surface area contributed by atoms with Crippen LogP contribution < -0.4 is 5.69 Å². The number of nitrogens with one attached hydrogen (secondary N) is 1. The number of hydrogen-bond acceptors (Lipinski definition) is 2.